The Morgan fingerprint density at radius 1 is 1.11 bits per heavy atom. The van der Waals surface area contributed by atoms with E-state index in [2.05, 4.69) is 0 Å². The van der Waals surface area contributed by atoms with Gasteiger partial charge in [0.25, 0.3) is 0 Å². The van der Waals surface area contributed by atoms with Crippen LogP contribution in [0.2, 0.25) is 0 Å². The van der Waals surface area contributed by atoms with Gasteiger partial charge in [-0.3, -0.25) is 4.79 Å². The standard InChI is InChI=1S/C21H18F3NO3/c1-27-15-7-9-16(10-8-15)28-20(11-3-4-14(12-20)13-26)17-5-2-6-18(19(17)25)21(22,23)24/h2-11,13H,12,25H2,1H3. The first-order chi connectivity index (χ1) is 13.3. The number of nitrogens with two attached hydrogens (primary N) is 1. The minimum Gasteiger partial charge on any atom is -0.497 e. The summed E-state index contributed by atoms with van der Waals surface area (Å²) in [4.78, 5) is 11.3. The van der Waals surface area contributed by atoms with Crippen LogP contribution in [0.5, 0.6) is 11.5 Å². The maximum Gasteiger partial charge on any atom is 0.418 e. The van der Waals surface area contributed by atoms with Crippen LogP contribution in [0.1, 0.15) is 17.5 Å². The van der Waals surface area contributed by atoms with Crippen molar-refractivity contribution in [3.05, 3.63) is 77.4 Å². The summed E-state index contributed by atoms with van der Waals surface area (Å²) in [6.07, 6.45) is 0.867. The Labute approximate surface area is 160 Å². The molecule has 7 heteroatoms. The highest BCUT2D eigenvalue weighted by Crippen LogP contribution is 2.44. The average molecular weight is 389 g/mol. The molecule has 0 saturated heterocycles. The van der Waals surface area contributed by atoms with Crippen molar-refractivity contribution in [2.24, 2.45) is 0 Å². The van der Waals surface area contributed by atoms with Crippen molar-refractivity contribution in [3.8, 4) is 11.5 Å². The third-order valence-electron chi connectivity index (χ3n) is 4.52. The summed E-state index contributed by atoms with van der Waals surface area (Å²) in [5.41, 5.74) is 3.70. The largest absolute Gasteiger partial charge is 0.497 e. The Hall–Kier alpha value is -3.22. The van der Waals surface area contributed by atoms with Crippen molar-refractivity contribution < 1.29 is 27.4 Å². The van der Waals surface area contributed by atoms with Gasteiger partial charge in [-0.1, -0.05) is 24.3 Å². The maximum atomic E-state index is 13.4. The molecule has 146 valence electrons. The minimum atomic E-state index is -4.61. The predicted molar refractivity (Wildman–Crippen MR) is 99.1 cm³/mol. The van der Waals surface area contributed by atoms with Gasteiger partial charge in [0, 0.05) is 12.0 Å². The van der Waals surface area contributed by atoms with E-state index in [9.17, 15) is 18.0 Å². The SMILES string of the molecule is COc1ccc(OC2(c3cccc(C(F)(F)F)c3N)C=CC=C(C=O)C2)cc1. The van der Waals surface area contributed by atoms with E-state index in [-0.39, 0.29) is 12.0 Å². The molecule has 1 aliphatic carbocycles. The van der Waals surface area contributed by atoms with Crippen molar-refractivity contribution in [3.63, 3.8) is 0 Å². The number of rotatable bonds is 5. The lowest BCUT2D eigenvalue weighted by Gasteiger charge is -2.35. The lowest BCUT2D eigenvalue weighted by molar-refractivity contribution is -0.137. The lowest BCUT2D eigenvalue weighted by atomic mass is 9.82. The number of alkyl halides is 3. The number of halogens is 3. The summed E-state index contributed by atoms with van der Waals surface area (Å²) in [6.45, 7) is 0. The zero-order valence-electron chi connectivity index (χ0n) is 15.0. The normalized spacial score (nSPS) is 19.1. The molecule has 0 spiro atoms. The van der Waals surface area contributed by atoms with Gasteiger partial charge in [0.2, 0.25) is 0 Å². The Morgan fingerprint density at radius 2 is 1.79 bits per heavy atom. The zero-order valence-corrected chi connectivity index (χ0v) is 15.0. The van der Waals surface area contributed by atoms with Gasteiger partial charge in [-0.25, -0.2) is 0 Å². The summed E-state index contributed by atoms with van der Waals surface area (Å²) >= 11 is 0. The topological polar surface area (TPSA) is 61.6 Å². The molecule has 2 aromatic rings. The van der Waals surface area contributed by atoms with Crippen LogP contribution in [-0.2, 0) is 16.6 Å². The number of carbonyl (C=O) groups is 1. The highest BCUT2D eigenvalue weighted by atomic mass is 19.4. The summed E-state index contributed by atoms with van der Waals surface area (Å²) in [7, 11) is 1.52. The number of hydrogen-bond acceptors (Lipinski definition) is 4. The molecule has 4 nitrogen and oxygen atoms in total. The van der Waals surface area contributed by atoms with Gasteiger partial charge in [-0.15, -0.1) is 0 Å². The fraction of sp³-hybridized carbons (Fsp3) is 0.190. The first kappa shape index (κ1) is 19.5. The van der Waals surface area contributed by atoms with Crippen LogP contribution >= 0.6 is 0 Å². The van der Waals surface area contributed by atoms with Crippen molar-refractivity contribution in [2.45, 2.75) is 18.2 Å². The van der Waals surface area contributed by atoms with Crippen LogP contribution in [0.3, 0.4) is 0 Å². The molecule has 28 heavy (non-hydrogen) atoms. The number of para-hydroxylation sites is 1. The fourth-order valence-corrected chi connectivity index (χ4v) is 3.17. The second-order valence-corrected chi connectivity index (χ2v) is 6.33. The Kier molecular flexibility index (Phi) is 5.18. The number of methoxy groups -OCH3 is 1. The van der Waals surface area contributed by atoms with Crippen molar-refractivity contribution >= 4 is 12.0 Å². The van der Waals surface area contributed by atoms with E-state index in [1.165, 1.54) is 19.2 Å². The van der Waals surface area contributed by atoms with E-state index >= 15 is 0 Å². The minimum absolute atomic E-state index is 0.0462. The second-order valence-electron chi connectivity index (χ2n) is 6.33. The van der Waals surface area contributed by atoms with E-state index in [1.54, 1.807) is 42.5 Å². The van der Waals surface area contributed by atoms with Gasteiger partial charge >= 0.3 is 6.18 Å². The van der Waals surface area contributed by atoms with Crippen molar-refractivity contribution in [1.29, 1.82) is 0 Å². The number of anilines is 1. The smallest absolute Gasteiger partial charge is 0.418 e. The van der Waals surface area contributed by atoms with E-state index in [0.717, 1.165) is 6.07 Å². The van der Waals surface area contributed by atoms with Crippen LogP contribution in [0.25, 0.3) is 0 Å². The Balaban J connectivity index is 2.11. The average Bonchev–Trinajstić information content (AvgIpc) is 2.68. The Bertz CT molecular complexity index is 933. The van der Waals surface area contributed by atoms with Gasteiger partial charge in [0.15, 0.2) is 5.60 Å². The maximum absolute atomic E-state index is 13.4. The van der Waals surface area contributed by atoms with E-state index in [4.69, 9.17) is 15.2 Å². The molecule has 0 heterocycles. The molecule has 2 N–H and O–H groups in total. The summed E-state index contributed by atoms with van der Waals surface area (Å²) in [5.74, 6) is 1.00. The highest BCUT2D eigenvalue weighted by Gasteiger charge is 2.40. The van der Waals surface area contributed by atoms with Gasteiger partial charge in [0.1, 0.15) is 17.8 Å². The number of allylic oxidation sites excluding steroid dienone is 2. The molecule has 0 fully saturated rings. The van der Waals surface area contributed by atoms with Crippen molar-refractivity contribution in [1.82, 2.24) is 0 Å². The van der Waals surface area contributed by atoms with E-state index in [1.807, 2.05) is 0 Å². The van der Waals surface area contributed by atoms with Gasteiger partial charge in [0.05, 0.1) is 18.4 Å². The number of aldehydes is 1. The van der Waals surface area contributed by atoms with E-state index < -0.39 is 23.0 Å². The molecule has 0 amide bonds. The highest BCUT2D eigenvalue weighted by molar-refractivity contribution is 5.75. The van der Waals surface area contributed by atoms with Crippen LogP contribution in [0, 0.1) is 0 Å². The van der Waals surface area contributed by atoms with Gasteiger partial charge in [-0.05, 0) is 42.0 Å². The summed E-state index contributed by atoms with van der Waals surface area (Å²) < 4.78 is 51.3. The molecule has 2 aromatic carbocycles. The second kappa shape index (κ2) is 7.42. The molecule has 0 bridgehead atoms. The van der Waals surface area contributed by atoms with Crippen molar-refractivity contribution in [2.75, 3.05) is 12.8 Å². The number of hydrogen-bond donors (Lipinski definition) is 1. The summed E-state index contributed by atoms with van der Waals surface area (Å²) in [5, 5.41) is 0. The predicted octanol–water partition coefficient (Wildman–Crippen LogP) is 4.66. The molecule has 0 radical (unpaired) electrons. The number of nitrogen functional groups attached to an aromatic ring is 1. The third kappa shape index (κ3) is 3.74. The molecule has 1 unspecified atom stereocenters. The lowest BCUT2D eigenvalue weighted by Crippen LogP contribution is -2.34. The van der Waals surface area contributed by atoms with Gasteiger partial charge in [-0.2, -0.15) is 13.2 Å². The first-order valence-electron chi connectivity index (χ1n) is 8.42. The molecule has 0 aromatic heterocycles. The fourth-order valence-electron chi connectivity index (χ4n) is 3.17. The Morgan fingerprint density at radius 3 is 2.39 bits per heavy atom. The number of benzene rings is 2. The monoisotopic (exact) mass is 389 g/mol. The first-order valence-corrected chi connectivity index (χ1v) is 8.42. The number of ether oxygens (including phenoxy) is 2. The molecule has 1 atom stereocenters. The van der Waals surface area contributed by atoms with Crippen LogP contribution in [-0.4, -0.2) is 13.4 Å². The van der Waals surface area contributed by atoms with Gasteiger partial charge < -0.3 is 15.2 Å². The van der Waals surface area contributed by atoms with Crippen LogP contribution in [0.15, 0.2) is 66.3 Å². The quantitative estimate of drug-likeness (QED) is 0.597. The number of carbonyl (C=O) groups excluding carboxylic acids is 1. The molecule has 0 aliphatic heterocycles. The zero-order chi connectivity index (χ0) is 20.4. The van der Waals surface area contributed by atoms with Crippen LogP contribution in [0.4, 0.5) is 18.9 Å². The third-order valence-corrected chi connectivity index (χ3v) is 4.52. The molecular formula is C21H18F3NO3. The van der Waals surface area contributed by atoms with Crippen LogP contribution < -0.4 is 15.2 Å². The molecule has 1 aliphatic rings. The molecule has 0 saturated carbocycles. The van der Waals surface area contributed by atoms with E-state index in [0.29, 0.717) is 23.4 Å². The molecule has 3 rings (SSSR count). The molecular weight excluding hydrogens is 371 g/mol. The summed E-state index contributed by atoms with van der Waals surface area (Å²) in [6, 6.07) is 10.3.